The third-order valence-corrected chi connectivity index (χ3v) is 3.86. The van der Waals surface area contributed by atoms with Crippen LogP contribution in [0.4, 0.5) is 0 Å². The van der Waals surface area contributed by atoms with Gasteiger partial charge in [0.2, 0.25) is 0 Å². The Morgan fingerprint density at radius 1 is 0.905 bits per heavy atom. The minimum atomic E-state index is -0.0508. The van der Waals surface area contributed by atoms with Crippen LogP contribution in [0.1, 0.15) is 71.6 Å². The van der Waals surface area contributed by atoms with Crippen molar-refractivity contribution in [2.45, 2.75) is 71.6 Å². The van der Waals surface area contributed by atoms with Gasteiger partial charge in [0.05, 0.1) is 5.92 Å². The van der Waals surface area contributed by atoms with Crippen molar-refractivity contribution in [1.82, 2.24) is 0 Å². The summed E-state index contributed by atoms with van der Waals surface area (Å²) in [6.45, 7) is 4.39. The molecule has 118 valence electrons. The zero-order chi connectivity index (χ0) is 15.3. The second-order valence-electron chi connectivity index (χ2n) is 5.78. The van der Waals surface area contributed by atoms with E-state index in [1.54, 1.807) is 0 Å². The Hall–Kier alpha value is -1.31. The summed E-state index contributed by atoms with van der Waals surface area (Å²) in [7, 11) is 0. The third kappa shape index (κ3) is 7.89. The minimum Gasteiger partial charge on any atom is -0.426 e. The van der Waals surface area contributed by atoms with Gasteiger partial charge in [0.1, 0.15) is 5.75 Å². The Morgan fingerprint density at radius 2 is 1.52 bits per heavy atom. The van der Waals surface area contributed by atoms with E-state index in [1.165, 1.54) is 25.7 Å². The van der Waals surface area contributed by atoms with Crippen molar-refractivity contribution in [3.05, 3.63) is 30.3 Å². The zero-order valence-corrected chi connectivity index (χ0v) is 13.6. The third-order valence-electron chi connectivity index (χ3n) is 3.86. The molecule has 2 heteroatoms. The smallest absolute Gasteiger partial charge is 0.314 e. The van der Waals surface area contributed by atoms with Crippen molar-refractivity contribution >= 4 is 5.97 Å². The second-order valence-corrected chi connectivity index (χ2v) is 5.78. The zero-order valence-electron chi connectivity index (χ0n) is 13.6. The van der Waals surface area contributed by atoms with Crippen molar-refractivity contribution in [2.24, 2.45) is 5.92 Å². The first-order valence-electron chi connectivity index (χ1n) is 8.54. The number of carbonyl (C=O) groups excluding carboxylic acids is 1. The SMILES string of the molecule is CCCCCCCC(CCCC)C(=O)Oc1ccccc1. The molecule has 2 nitrogen and oxygen atoms in total. The van der Waals surface area contributed by atoms with E-state index in [-0.39, 0.29) is 11.9 Å². The van der Waals surface area contributed by atoms with E-state index in [4.69, 9.17) is 4.74 Å². The topological polar surface area (TPSA) is 26.3 Å². The van der Waals surface area contributed by atoms with Crippen molar-refractivity contribution in [3.8, 4) is 5.75 Å². The number of benzene rings is 1. The first kappa shape index (κ1) is 17.7. The predicted molar refractivity (Wildman–Crippen MR) is 88.5 cm³/mol. The predicted octanol–water partition coefficient (Wildman–Crippen LogP) is 5.76. The Bertz CT molecular complexity index is 372. The molecule has 0 saturated carbocycles. The van der Waals surface area contributed by atoms with E-state index >= 15 is 0 Å². The number of rotatable bonds is 11. The van der Waals surface area contributed by atoms with Crippen molar-refractivity contribution in [1.29, 1.82) is 0 Å². The molecule has 0 aliphatic heterocycles. The van der Waals surface area contributed by atoms with E-state index in [1.807, 2.05) is 30.3 Å². The van der Waals surface area contributed by atoms with Gasteiger partial charge in [-0.15, -0.1) is 0 Å². The summed E-state index contributed by atoms with van der Waals surface area (Å²) in [4.78, 5) is 12.3. The van der Waals surface area contributed by atoms with Crippen LogP contribution in [0.15, 0.2) is 30.3 Å². The van der Waals surface area contributed by atoms with Gasteiger partial charge in [-0.3, -0.25) is 4.79 Å². The Morgan fingerprint density at radius 3 is 2.19 bits per heavy atom. The van der Waals surface area contributed by atoms with Crippen LogP contribution in [0, 0.1) is 5.92 Å². The number of carbonyl (C=O) groups is 1. The first-order valence-corrected chi connectivity index (χ1v) is 8.54. The maximum absolute atomic E-state index is 12.3. The normalized spacial score (nSPS) is 12.1. The van der Waals surface area contributed by atoms with Crippen LogP contribution in [0.5, 0.6) is 5.75 Å². The van der Waals surface area contributed by atoms with Crippen LogP contribution in [0.25, 0.3) is 0 Å². The lowest BCUT2D eigenvalue weighted by Crippen LogP contribution is -2.20. The average molecular weight is 290 g/mol. The molecular formula is C19H30O2. The Kier molecular flexibility index (Phi) is 9.60. The average Bonchev–Trinajstić information content (AvgIpc) is 2.51. The molecule has 0 saturated heterocycles. The molecule has 0 fully saturated rings. The highest BCUT2D eigenvalue weighted by molar-refractivity contribution is 5.75. The maximum atomic E-state index is 12.3. The van der Waals surface area contributed by atoms with Crippen LogP contribution in [0.2, 0.25) is 0 Å². The molecular weight excluding hydrogens is 260 g/mol. The molecule has 0 amide bonds. The Labute approximate surface area is 129 Å². The molecule has 0 radical (unpaired) electrons. The largest absolute Gasteiger partial charge is 0.426 e. The number of esters is 1. The van der Waals surface area contributed by atoms with Gasteiger partial charge < -0.3 is 4.74 Å². The molecule has 0 aliphatic carbocycles. The fourth-order valence-electron chi connectivity index (χ4n) is 2.51. The second kappa shape index (κ2) is 11.4. The standard InChI is InChI=1S/C19H30O2/c1-3-5-7-8-10-14-17(13-6-4-2)19(20)21-18-15-11-9-12-16-18/h9,11-12,15-17H,3-8,10,13-14H2,1-2H3. The summed E-state index contributed by atoms with van der Waals surface area (Å²) in [5.74, 6) is 0.673. The van der Waals surface area contributed by atoms with Crippen molar-refractivity contribution < 1.29 is 9.53 Å². The van der Waals surface area contributed by atoms with Crippen LogP contribution < -0.4 is 4.74 Å². The van der Waals surface area contributed by atoms with E-state index in [2.05, 4.69) is 13.8 Å². The number of para-hydroxylation sites is 1. The summed E-state index contributed by atoms with van der Waals surface area (Å²) >= 11 is 0. The summed E-state index contributed by atoms with van der Waals surface area (Å²) in [5, 5.41) is 0. The van der Waals surface area contributed by atoms with Crippen LogP contribution in [-0.4, -0.2) is 5.97 Å². The molecule has 0 spiro atoms. The molecule has 0 bridgehead atoms. The van der Waals surface area contributed by atoms with Crippen molar-refractivity contribution in [3.63, 3.8) is 0 Å². The Balaban J connectivity index is 2.41. The van der Waals surface area contributed by atoms with E-state index in [9.17, 15) is 4.79 Å². The monoisotopic (exact) mass is 290 g/mol. The van der Waals surface area contributed by atoms with Gasteiger partial charge in [0, 0.05) is 0 Å². The van der Waals surface area contributed by atoms with Crippen molar-refractivity contribution in [2.75, 3.05) is 0 Å². The maximum Gasteiger partial charge on any atom is 0.314 e. The summed E-state index contributed by atoms with van der Waals surface area (Å²) in [6, 6.07) is 9.41. The molecule has 1 atom stereocenters. The lowest BCUT2D eigenvalue weighted by molar-refractivity contribution is -0.139. The quantitative estimate of drug-likeness (QED) is 0.294. The van der Waals surface area contributed by atoms with Gasteiger partial charge in [-0.05, 0) is 25.0 Å². The number of unbranched alkanes of at least 4 members (excludes halogenated alkanes) is 5. The van der Waals surface area contributed by atoms with Crippen LogP contribution in [0.3, 0.4) is 0 Å². The molecule has 1 rings (SSSR count). The highest BCUT2D eigenvalue weighted by Gasteiger charge is 2.19. The molecule has 0 aliphatic rings. The number of hydrogen-bond acceptors (Lipinski definition) is 2. The molecule has 0 heterocycles. The van der Waals surface area contributed by atoms with Gasteiger partial charge >= 0.3 is 5.97 Å². The molecule has 0 N–H and O–H groups in total. The van der Waals surface area contributed by atoms with E-state index in [0.717, 1.165) is 32.1 Å². The summed E-state index contributed by atoms with van der Waals surface area (Å²) in [6.07, 6.45) is 10.4. The molecule has 0 aromatic heterocycles. The molecule has 21 heavy (non-hydrogen) atoms. The molecule has 1 aromatic rings. The van der Waals surface area contributed by atoms with Gasteiger partial charge in [-0.2, -0.15) is 0 Å². The van der Waals surface area contributed by atoms with Gasteiger partial charge in [-0.25, -0.2) is 0 Å². The number of ether oxygens (including phenoxy) is 1. The van der Waals surface area contributed by atoms with Crippen LogP contribution in [-0.2, 0) is 4.79 Å². The fraction of sp³-hybridized carbons (Fsp3) is 0.632. The molecule has 1 unspecified atom stereocenters. The highest BCUT2D eigenvalue weighted by atomic mass is 16.5. The minimum absolute atomic E-state index is 0.0508. The molecule has 1 aromatic carbocycles. The summed E-state index contributed by atoms with van der Waals surface area (Å²) in [5.41, 5.74) is 0. The lowest BCUT2D eigenvalue weighted by atomic mass is 9.95. The van der Waals surface area contributed by atoms with Crippen LogP contribution >= 0.6 is 0 Å². The van der Waals surface area contributed by atoms with Gasteiger partial charge in [0.25, 0.3) is 0 Å². The number of hydrogen-bond donors (Lipinski definition) is 0. The first-order chi connectivity index (χ1) is 10.3. The fourth-order valence-corrected chi connectivity index (χ4v) is 2.51. The van der Waals surface area contributed by atoms with Gasteiger partial charge in [0.15, 0.2) is 0 Å². The lowest BCUT2D eigenvalue weighted by Gasteiger charge is -2.15. The van der Waals surface area contributed by atoms with E-state index < -0.39 is 0 Å². The highest BCUT2D eigenvalue weighted by Crippen LogP contribution is 2.21. The summed E-state index contributed by atoms with van der Waals surface area (Å²) < 4.78 is 5.51. The van der Waals surface area contributed by atoms with Gasteiger partial charge in [-0.1, -0.05) is 77.0 Å². The van der Waals surface area contributed by atoms with E-state index in [0.29, 0.717) is 5.75 Å².